The van der Waals surface area contributed by atoms with Crippen molar-refractivity contribution in [2.75, 3.05) is 18.5 Å². The lowest BCUT2D eigenvalue weighted by molar-refractivity contribution is -0.138. The van der Waals surface area contributed by atoms with Crippen molar-refractivity contribution in [2.24, 2.45) is 5.73 Å². The van der Waals surface area contributed by atoms with Crippen molar-refractivity contribution in [1.29, 1.82) is 0 Å². The third-order valence-corrected chi connectivity index (χ3v) is 3.78. The first kappa shape index (κ1) is 13.0. The summed E-state index contributed by atoms with van der Waals surface area (Å²) < 4.78 is 7.69. The molecule has 2 rings (SSSR count). The third kappa shape index (κ3) is 2.76. The molecule has 1 aromatic rings. The lowest BCUT2D eigenvalue weighted by Crippen LogP contribution is -2.51. The number of anilines is 1. The molecule has 5 nitrogen and oxygen atoms in total. The molecule has 1 aromatic carbocycles. The molecule has 0 spiro atoms. The molecule has 2 amide bonds. The van der Waals surface area contributed by atoms with Crippen LogP contribution in [0.25, 0.3) is 0 Å². The summed E-state index contributed by atoms with van der Waals surface area (Å²) in [5, 5.41) is 0. The van der Waals surface area contributed by atoms with E-state index in [-0.39, 0.29) is 12.9 Å². The molecule has 1 fully saturated rings. The van der Waals surface area contributed by atoms with Gasteiger partial charge < -0.3 is 15.5 Å². The Hall–Kier alpha value is -2.04. The topological polar surface area (TPSA) is 66.6 Å². The Kier molecular flexibility index (Phi) is 3.85. The van der Waals surface area contributed by atoms with E-state index < -0.39 is 18.0 Å². The van der Waals surface area contributed by atoms with Gasteiger partial charge in [-0.1, -0.05) is 18.2 Å². The number of primary amides is 1. The monoisotopic (exact) mass is 276 g/mol. The number of benzene rings is 1. The fourth-order valence-corrected chi connectivity index (χ4v) is 2.54. The highest BCUT2D eigenvalue weighted by Gasteiger charge is 2.35. The zero-order valence-corrected chi connectivity index (χ0v) is 11.7. The van der Waals surface area contributed by atoms with Crippen molar-refractivity contribution >= 4 is 17.5 Å². The molecule has 108 valence electrons. The zero-order chi connectivity index (χ0) is 15.4. The molecule has 0 unspecified atom stereocenters. The van der Waals surface area contributed by atoms with Gasteiger partial charge in [0.25, 0.3) is 0 Å². The van der Waals surface area contributed by atoms with Crippen LogP contribution in [0, 0.1) is 0 Å². The minimum absolute atomic E-state index is 0.0218. The van der Waals surface area contributed by atoms with Crippen LogP contribution >= 0.6 is 0 Å². The molecule has 5 heteroatoms. The van der Waals surface area contributed by atoms with Crippen LogP contribution in [0.5, 0.6) is 0 Å². The van der Waals surface area contributed by atoms with Crippen molar-refractivity contribution in [2.45, 2.75) is 31.8 Å². The highest BCUT2D eigenvalue weighted by Crippen LogP contribution is 2.21. The van der Waals surface area contributed by atoms with Crippen LogP contribution in [-0.4, -0.2) is 42.4 Å². The average molecular weight is 276 g/mol. The molecule has 1 aliphatic heterocycles. The van der Waals surface area contributed by atoms with Gasteiger partial charge in [-0.2, -0.15) is 0 Å². The summed E-state index contributed by atoms with van der Waals surface area (Å²) in [6, 6.07) is 8.37. The summed E-state index contributed by atoms with van der Waals surface area (Å²) in [5.74, 6) is -0.599. The molecule has 0 aliphatic carbocycles. The van der Waals surface area contributed by atoms with Crippen LogP contribution in [0.2, 0.25) is 0 Å². The molecule has 0 aromatic heterocycles. The second-order valence-corrected chi connectivity index (χ2v) is 5.07. The first-order valence-corrected chi connectivity index (χ1v) is 6.77. The van der Waals surface area contributed by atoms with Crippen molar-refractivity contribution in [3.05, 3.63) is 30.3 Å². The number of nitrogens with two attached hydrogens (primary N) is 1. The number of hydrogen-bond acceptors (Lipinski definition) is 3. The first-order valence-electron chi connectivity index (χ1n) is 7.47. The van der Waals surface area contributed by atoms with Gasteiger partial charge in [0.2, 0.25) is 11.8 Å². The summed E-state index contributed by atoms with van der Waals surface area (Å²) in [5.41, 5.74) is 6.18. The molecule has 2 atom stereocenters. The standard InChI is InChI=1S/C15H21N3O2/c1-11(17(2)12-7-4-3-5-8-12)15(20)18-10-6-9-13(18)14(16)19/h3-5,7-8,11,13H,6,9-10H2,1-2H3,(H2,16,19)/t11-,13-/m0/s1/i2D. The quantitative estimate of drug-likeness (QED) is 0.891. The highest BCUT2D eigenvalue weighted by atomic mass is 16.2. The molecule has 2 N–H and O–H groups in total. The van der Waals surface area contributed by atoms with Crippen molar-refractivity contribution < 1.29 is 11.0 Å². The van der Waals surface area contributed by atoms with Crippen molar-refractivity contribution in [3.8, 4) is 0 Å². The van der Waals surface area contributed by atoms with Crippen LogP contribution in [0.15, 0.2) is 30.3 Å². The average Bonchev–Trinajstić information content (AvgIpc) is 2.98. The summed E-state index contributed by atoms with van der Waals surface area (Å²) in [6.45, 7) is 2.32. The Balaban J connectivity index is 2.16. The Labute approximate surface area is 120 Å². The smallest absolute Gasteiger partial charge is 0.245 e. The van der Waals surface area contributed by atoms with E-state index in [1.54, 1.807) is 16.7 Å². The van der Waals surface area contributed by atoms with Gasteiger partial charge in [0, 0.05) is 20.6 Å². The number of hydrogen-bond donors (Lipinski definition) is 1. The first-order chi connectivity index (χ1) is 10.1. The number of para-hydroxylation sites is 1. The van der Waals surface area contributed by atoms with E-state index in [2.05, 4.69) is 0 Å². The zero-order valence-electron chi connectivity index (χ0n) is 12.7. The van der Waals surface area contributed by atoms with Crippen molar-refractivity contribution in [1.82, 2.24) is 4.90 Å². The lowest BCUT2D eigenvalue weighted by Gasteiger charge is -2.31. The van der Waals surface area contributed by atoms with E-state index in [0.717, 1.165) is 12.1 Å². The second kappa shape index (κ2) is 5.94. The van der Waals surface area contributed by atoms with Crippen LogP contribution < -0.4 is 10.6 Å². The summed E-state index contributed by atoms with van der Waals surface area (Å²) in [6.07, 6.45) is 1.41. The Morgan fingerprint density at radius 2 is 2.15 bits per heavy atom. The van der Waals surface area contributed by atoms with E-state index in [0.29, 0.717) is 13.0 Å². The van der Waals surface area contributed by atoms with Gasteiger partial charge in [-0.05, 0) is 31.9 Å². The summed E-state index contributed by atoms with van der Waals surface area (Å²) in [4.78, 5) is 27.3. The van der Waals surface area contributed by atoms with Gasteiger partial charge in [0.1, 0.15) is 12.1 Å². The molecule has 20 heavy (non-hydrogen) atoms. The van der Waals surface area contributed by atoms with E-state index in [4.69, 9.17) is 7.10 Å². The summed E-state index contributed by atoms with van der Waals surface area (Å²) >= 11 is 0. The molecule has 0 saturated carbocycles. The van der Waals surface area contributed by atoms with Crippen molar-refractivity contribution in [3.63, 3.8) is 0 Å². The molecular formula is C15H21N3O2. The minimum atomic E-state index is -0.511. The van der Waals surface area contributed by atoms with Gasteiger partial charge in [-0.3, -0.25) is 9.59 Å². The normalized spacial score (nSPS) is 20.4. The maximum atomic E-state index is 12.6. The molecule has 0 radical (unpaired) electrons. The Bertz CT molecular complexity index is 509. The number of likely N-dealkylation sites (tertiary alicyclic amines) is 1. The van der Waals surface area contributed by atoms with Gasteiger partial charge in [-0.15, -0.1) is 0 Å². The van der Waals surface area contributed by atoms with E-state index >= 15 is 0 Å². The number of amides is 2. The molecular weight excluding hydrogens is 254 g/mol. The summed E-state index contributed by atoms with van der Waals surface area (Å²) in [7, 11) is -0.0218. The number of likely N-dealkylation sites (N-methyl/N-ethyl adjacent to an activating group) is 1. The van der Waals surface area contributed by atoms with Gasteiger partial charge in [0.05, 0.1) is 0 Å². The van der Waals surface area contributed by atoms with Gasteiger partial charge in [-0.25, -0.2) is 0 Å². The number of rotatable bonds is 4. The van der Waals surface area contributed by atoms with Gasteiger partial charge >= 0.3 is 0 Å². The fourth-order valence-electron chi connectivity index (χ4n) is 2.54. The minimum Gasteiger partial charge on any atom is -0.368 e. The number of carbonyl (C=O) groups is 2. The lowest BCUT2D eigenvalue weighted by atomic mass is 10.1. The Morgan fingerprint density at radius 3 is 2.75 bits per heavy atom. The molecule has 0 bridgehead atoms. The fraction of sp³-hybridized carbons (Fsp3) is 0.467. The van der Waals surface area contributed by atoms with Gasteiger partial charge in [0.15, 0.2) is 0 Å². The molecule has 1 aliphatic rings. The highest BCUT2D eigenvalue weighted by molar-refractivity contribution is 5.91. The maximum Gasteiger partial charge on any atom is 0.245 e. The van der Waals surface area contributed by atoms with E-state index in [9.17, 15) is 9.59 Å². The van der Waals surface area contributed by atoms with Crippen LogP contribution in [0.4, 0.5) is 5.69 Å². The van der Waals surface area contributed by atoms with Crippen LogP contribution in [0.3, 0.4) is 0 Å². The van der Waals surface area contributed by atoms with Crippen LogP contribution in [-0.2, 0) is 9.59 Å². The predicted molar refractivity (Wildman–Crippen MR) is 78.2 cm³/mol. The van der Waals surface area contributed by atoms with E-state index in [1.165, 1.54) is 0 Å². The largest absolute Gasteiger partial charge is 0.368 e. The van der Waals surface area contributed by atoms with Crippen LogP contribution in [0.1, 0.15) is 21.1 Å². The third-order valence-electron chi connectivity index (χ3n) is 3.78. The molecule has 1 saturated heterocycles. The SMILES string of the molecule is [2H]CN(c1ccccc1)[C@@H](C)C(=O)N1CCC[C@H]1C(N)=O. The number of nitrogens with zero attached hydrogens (tertiary/aromatic N) is 2. The predicted octanol–water partition coefficient (Wildman–Crippen LogP) is 0.988. The van der Waals surface area contributed by atoms with E-state index in [1.807, 2.05) is 30.3 Å². The maximum absolute atomic E-state index is 12.6. The number of carbonyl (C=O) groups excluding carboxylic acids is 2. The second-order valence-electron chi connectivity index (χ2n) is 5.07. The molecule has 1 heterocycles. The Morgan fingerprint density at radius 1 is 1.45 bits per heavy atom.